The lowest BCUT2D eigenvalue weighted by Gasteiger charge is -2.07. The van der Waals surface area contributed by atoms with Crippen LogP contribution in [-0.2, 0) is 14.3 Å². The molecule has 0 aromatic carbocycles. The monoisotopic (exact) mass is 267 g/mol. The minimum Gasteiger partial charge on any atom is -0.364 e. The molecule has 2 atom stereocenters. The second-order valence-electron chi connectivity index (χ2n) is 5.88. The highest BCUT2D eigenvalue weighted by Gasteiger charge is 2.35. The number of hydrogen-bond donors (Lipinski definition) is 1. The van der Waals surface area contributed by atoms with E-state index in [1.807, 2.05) is 0 Å². The van der Waals surface area contributed by atoms with Gasteiger partial charge in [-0.05, 0) is 31.1 Å². The van der Waals surface area contributed by atoms with Crippen molar-refractivity contribution in [3.63, 3.8) is 0 Å². The van der Waals surface area contributed by atoms with Gasteiger partial charge in [0.05, 0.1) is 0 Å². The van der Waals surface area contributed by atoms with Crippen LogP contribution in [-0.4, -0.2) is 31.4 Å². The Balaban J connectivity index is 1.71. The maximum absolute atomic E-state index is 11.5. The molecule has 2 fully saturated rings. The molecule has 4 nitrogen and oxygen atoms in total. The van der Waals surface area contributed by atoms with Gasteiger partial charge in [0.1, 0.15) is 13.2 Å². The number of rotatable bonds is 0. The Morgan fingerprint density at radius 2 is 1.74 bits per heavy atom. The maximum Gasteiger partial charge on any atom is 0.246 e. The van der Waals surface area contributed by atoms with Crippen LogP contribution in [0.1, 0.15) is 51.4 Å². The number of carbonyl (C=O) groups is 2. The van der Waals surface area contributed by atoms with E-state index in [1.165, 1.54) is 25.7 Å². The van der Waals surface area contributed by atoms with E-state index in [0.29, 0.717) is 6.42 Å². The molecule has 0 aromatic heterocycles. The van der Waals surface area contributed by atoms with E-state index in [-0.39, 0.29) is 24.9 Å². The quantitative estimate of drug-likeness (QED) is 0.731. The van der Waals surface area contributed by atoms with Crippen molar-refractivity contribution in [2.75, 3.05) is 19.8 Å². The van der Waals surface area contributed by atoms with Gasteiger partial charge in [-0.15, -0.1) is 0 Å². The van der Waals surface area contributed by atoms with Gasteiger partial charge in [0, 0.05) is 13.0 Å². The van der Waals surface area contributed by atoms with Crippen LogP contribution in [0.25, 0.3) is 0 Å². The minimum atomic E-state index is -0.0999. The van der Waals surface area contributed by atoms with Gasteiger partial charge >= 0.3 is 0 Å². The molecule has 1 N–H and O–H groups in total. The molecule has 4 heteroatoms. The first-order valence-corrected chi connectivity index (χ1v) is 7.62. The van der Waals surface area contributed by atoms with E-state index in [2.05, 4.69) is 5.32 Å². The van der Waals surface area contributed by atoms with E-state index in [0.717, 1.165) is 37.6 Å². The summed E-state index contributed by atoms with van der Waals surface area (Å²) >= 11 is 0. The maximum atomic E-state index is 11.5. The lowest BCUT2D eigenvalue weighted by Crippen LogP contribution is -2.29. The van der Waals surface area contributed by atoms with Crippen LogP contribution in [0.5, 0.6) is 0 Å². The fourth-order valence-electron chi connectivity index (χ4n) is 2.88. The first kappa shape index (κ1) is 14.5. The molecule has 2 aliphatic rings. The smallest absolute Gasteiger partial charge is 0.246 e. The summed E-state index contributed by atoms with van der Waals surface area (Å²) in [4.78, 5) is 22.9. The zero-order valence-electron chi connectivity index (χ0n) is 11.7. The van der Waals surface area contributed by atoms with Gasteiger partial charge in [0.25, 0.3) is 0 Å². The molecular weight excluding hydrogens is 242 g/mol. The van der Waals surface area contributed by atoms with Crippen LogP contribution in [0.3, 0.4) is 0 Å². The van der Waals surface area contributed by atoms with Crippen LogP contribution >= 0.6 is 0 Å². The summed E-state index contributed by atoms with van der Waals surface area (Å²) in [5.74, 6) is 1.73. The number of nitrogens with one attached hydrogen (secondary N) is 1. The van der Waals surface area contributed by atoms with Crippen molar-refractivity contribution in [2.45, 2.75) is 51.4 Å². The predicted octanol–water partition coefficient (Wildman–Crippen LogP) is 2.07. The Labute approximate surface area is 115 Å². The Hall–Kier alpha value is -0.900. The summed E-state index contributed by atoms with van der Waals surface area (Å²) < 4.78 is 5.13. The Kier molecular flexibility index (Phi) is 5.83. The van der Waals surface area contributed by atoms with Crippen molar-refractivity contribution in [2.24, 2.45) is 11.8 Å². The minimum absolute atomic E-state index is 0.0137. The zero-order chi connectivity index (χ0) is 13.5. The number of carbonyl (C=O) groups excluding carboxylic acids is 2. The first-order valence-electron chi connectivity index (χ1n) is 7.62. The molecule has 2 unspecified atom stereocenters. The topological polar surface area (TPSA) is 55.4 Å². The van der Waals surface area contributed by atoms with E-state index in [1.54, 1.807) is 0 Å². The Morgan fingerprint density at radius 3 is 2.63 bits per heavy atom. The summed E-state index contributed by atoms with van der Waals surface area (Å²) in [5, 5.41) is 2.86. The molecular formula is C15H25NO3. The molecule has 0 spiro atoms. The Morgan fingerprint density at radius 1 is 0.947 bits per heavy atom. The van der Waals surface area contributed by atoms with Gasteiger partial charge in [-0.2, -0.15) is 0 Å². The highest BCUT2D eigenvalue weighted by molar-refractivity contribution is 5.80. The van der Waals surface area contributed by atoms with Gasteiger partial charge in [-0.3, -0.25) is 9.59 Å². The normalized spacial score (nSPS) is 31.4. The fraction of sp³-hybridized carbons (Fsp3) is 0.867. The molecule has 108 valence electrons. The van der Waals surface area contributed by atoms with Crippen molar-refractivity contribution >= 4 is 11.7 Å². The molecule has 2 rings (SSSR count). The second kappa shape index (κ2) is 7.63. The lowest BCUT2D eigenvalue weighted by atomic mass is 10.1. The van der Waals surface area contributed by atoms with Crippen LogP contribution in [0.2, 0.25) is 0 Å². The van der Waals surface area contributed by atoms with Crippen LogP contribution in [0.4, 0.5) is 0 Å². The number of amides is 1. The van der Waals surface area contributed by atoms with Gasteiger partial charge in [-0.1, -0.05) is 25.7 Å². The first-order chi connectivity index (χ1) is 9.25. The second-order valence-corrected chi connectivity index (χ2v) is 5.88. The van der Waals surface area contributed by atoms with Crippen molar-refractivity contribution in [1.82, 2.24) is 5.32 Å². The summed E-state index contributed by atoms with van der Waals surface area (Å²) in [6.07, 6.45) is 8.99. The third-order valence-electron chi connectivity index (χ3n) is 4.18. The fourth-order valence-corrected chi connectivity index (χ4v) is 2.88. The molecule has 1 saturated carbocycles. The van der Waals surface area contributed by atoms with Crippen LogP contribution in [0, 0.1) is 11.8 Å². The van der Waals surface area contributed by atoms with Gasteiger partial charge in [0.2, 0.25) is 5.91 Å². The van der Waals surface area contributed by atoms with E-state index >= 15 is 0 Å². The van der Waals surface area contributed by atoms with Crippen molar-refractivity contribution < 1.29 is 14.3 Å². The van der Waals surface area contributed by atoms with Gasteiger partial charge in [0.15, 0.2) is 5.78 Å². The number of fused-ring (bicyclic) bond motifs is 1. The molecule has 1 aliphatic heterocycles. The molecule has 19 heavy (non-hydrogen) atoms. The molecule has 0 aromatic rings. The van der Waals surface area contributed by atoms with Gasteiger partial charge in [-0.25, -0.2) is 0 Å². The van der Waals surface area contributed by atoms with Crippen LogP contribution in [0.15, 0.2) is 0 Å². The Bertz CT molecular complexity index is 317. The highest BCUT2D eigenvalue weighted by Crippen LogP contribution is 2.44. The van der Waals surface area contributed by atoms with Crippen LogP contribution < -0.4 is 5.32 Å². The molecule has 1 saturated heterocycles. The van der Waals surface area contributed by atoms with Crippen molar-refractivity contribution in [3.8, 4) is 0 Å². The summed E-state index contributed by atoms with van der Waals surface area (Å²) in [7, 11) is 0. The molecule has 0 bridgehead atoms. The third kappa shape index (κ3) is 5.72. The average molecular weight is 267 g/mol. The van der Waals surface area contributed by atoms with Crippen molar-refractivity contribution in [3.05, 3.63) is 0 Å². The van der Waals surface area contributed by atoms with Gasteiger partial charge < -0.3 is 10.1 Å². The number of Topliss-reactive ketones (excluding diaryl/α,β-unsaturated/α-hetero) is 1. The average Bonchev–Trinajstić information content (AvgIpc) is 3.11. The predicted molar refractivity (Wildman–Crippen MR) is 72.8 cm³/mol. The van der Waals surface area contributed by atoms with E-state index < -0.39 is 0 Å². The van der Waals surface area contributed by atoms with E-state index in [9.17, 15) is 9.59 Å². The SMILES string of the molecule is O=C1CCCCCCC2CC2CCNC(=O)COC1. The molecule has 1 heterocycles. The van der Waals surface area contributed by atoms with E-state index in [4.69, 9.17) is 4.74 Å². The zero-order valence-corrected chi connectivity index (χ0v) is 11.7. The summed E-state index contributed by atoms with van der Waals surface area (Å²) in [6, 6.07) is 0. The summed E-state index contributed by atoms with van der Waals surface area (Å²) in [6.45, 7) is 0.843. The molecule has 1 aliphatic carbocycles. The number of ketones is 1. The molecule has 1 amide bonds. The summed E-state index contributed by atoms with van der Waals surface area (Å²) in [5.41, 5.74) is 0. The van der Waals surface area contributed by atoms with Crippen molar-refractivity contribution in [1.29, 1.82) is 0 Å². The number of ether oxygens (including phenoxy) is 1. The molecule has 0 radical (unpaired) electrons. The third-order valence-corrected chi connectivity index (χ3v) is 4.18. The largest absolute Gasteiger partial charge is 0.364 e. The lowest BCUT2D eigenvalue weighted by molar-refractivity contribution is -0.129. The highest BCUT2D eigenvalue weighted by atomic mass is 16.5. The standard InChI is InChI=1S/C15H25NO3/c17-14-6-4-2-1-3-5-12-9-13(12)7-8-16-15(18)11-19-10-14/h12-13H,1-11H2,(H,16,18). The number of hydrogen-bond acceptors (Lipinski definition) is 3.